The Hall–Kier alpha value is -2.73. The summed E-state index contributed by atoms with van der Waals surface area (Å²) in [7, 11) is 2.36. The first kappa shape index (κ1) is 29.5. The fourth-order valence-electron chi connectivity index (χ4n) is 3.27. The van der Waals surface area contributed by atoms with Crippen LogP contribution in [0.5, 0.6) is 0 Å². The number of hydrogen-bond acceptors (Lipinski definition) is 2. The Balaban J connectivity index is 2.37. The fraction of sp³-hybridized carbons (Fsp3) is 0.348. The lowest BCUT2D eigenvalue weighted by molar-refractivity contribution is -0.170. The van der Waals surface area contributed by atoms with Gasteiger partial charge in [0.25, 0.3) is 5.91 Å². The highest BCUT2D eigenvalue weighted by atomic mass is 35.5. The van der Waals surface area contributed by atoms with Gasteiger partial charge in [0.05, 0.1) is 29.7 Å². The molecule has 2 rings (SSSR count). The number of nitrogens with zero attached hydrogens (tertiary/aromatic N) is 1. The van der Waals surface area contributed by atoms with Crippen LogP contribution in [0.25, 0.3) is 6.08 Å². The summed E-state index contributed by atoms with van der Waals surface area (Å²) >= 11 is 6.05. The van der Waals surface area contributed by atoms with Crippen molar-refractivity contribution in [2.24, 2.45) is 0 Å². The van der Waals surface area contributed by atoms with Crippen molar-refractivity contribution < 1.29 is 49.1 Å². The molecule has 0 aliphatic rings. The zero-order valence-corrected chi connectivity index (χ0v) is 19.4. The van der Waals surface area contributed by atoms with Crippen LogP contribution in [-0.4, -0.2) is 25.1 Å². The number of carbonyl (C=O) groups is 1. The predicted molar refractivity (Wildman–Crippen MR) is 114 cm³/mol. The monoisotopic (exact) mass is 547 g/mol. The number of rotatable bonds is 7. The molecule has 0 aliphatic carbocycles. The summed E-state index contributed by atoms with van der Waals surface area (Å²) < 4.78 is 118. The summed E-state index contributed by atoms with van der Waals surface area (Å²) in [6, 6.07) is 3.46. The minimum Gasteiger partial charge on any atom is -0.275 e. The molecule has 13 heteroatoms. The van der Waals surface area contributed by atoms with Gasteiger partial charge in [-0.15, -0.1) is 0 Å². The largest absolute Gasteiger partial charge is 0.416 e. The highest BCUT2D eigenvalue weighted by Gasteiger charge is 2.37. The summed E-state index contributed by atoms with van der Waals surface area (Å²) in [4.78, 5) is 17.6. The van der Waals surface area contributed by atoms with E-state index in [1.54, 1.807) is 0 Å². The Labute approximate surface area is 205 Å². The van der Waals surface area contributed by atoms with E-state index in [4.69, 9.17) is 16.4 Å². The SMILES string of the molecule is CON(C)C(=O)C(CCC=Cc1cc(C(F)(F)F)cc(C(F)(F)F)c1)c1cc(C(F)(F)F)ccc1Cl. The molecule has 0 N–H and O–H groups in total. The van der Waals surface area contributed by atoms with Crippen molar-refractivity contribution in [3.8, 4) is 0 Å². The molecule has 1 amide bonds. The molecule has 1 atom stereocenters. The molecular weight excluding hydrogens is 529 g/mol. The maximum absolute atomic E-state index is 13.2. The molecule has 0 spiro atoms. The van der Waals surface area contributed by atoms with Gasteiger partial charge in [-0.2, -0.15) is 39.5 Å². The molecule has 3 nitrogen and oxygen atoms in total. The van der Waals surface area contributed by atoms with E-state index in [2.05, 4.69) is 0 Å². The third-order valence-corrected chi connectivity index (χ3v) is 5.47. The van der Waals surface area contributed by atoms with Gasteiger partial charge >= 0.3 is 18.5 Å². The molecular formula is C23H19ClF9NO2. The topological polar surface area (TPSA) is 29.5 Å². The van der Waals surface area contributed by atoms with Crippen LogP contribution in [0.3, 0.4) is 0 Å². The maximum Gasteiger partial charge on any atom is 0.416 e. The number of hydrogen-bond donors (Lipinski definition) is 0. The lowest BCUT2D eigenvalue weighted by Gasteiger charge is -2.23. The molecule has 0 aromatic heterocycles. The second-order valence-corrected chi connectivity index (χ2v) is 8.03. The second-order valence-electron chi connectivity index (χ2n) is 7.62. The molecule has 0 radical (unpaired) electrons. The number of alkyl halides is 9. The summed E-state index contributed by atoms with van der Waals surface area (Å²) in [6.07, 6.45) is -12.8. The normalized spacial score (nSPS) is 13.8. The van der Waals surface area contributed by atoms with Crippen molar-refractivity contribution >= 4 is 23.6 Å². The van der Waals surface area contributed by atoms with Gasteiger partial charge in [0.2, 0.25) is 0 Å². The Bertz CT molecular complexity index is 1080. The Morgan fingerprint density at radius 2 is 1.44 bits per heavy atom. The number of amides is 1. The molecule has 36 heavy (non-hydrogen) atoms. The molecule has 0 fully saturated rings. The van der Waals surface area contributed by atoms with Gasteiger partial charge in [0.1, 0.15) is 0 Å². The van der Waals surface area contributed by atoms with E-state index in [0.717, 1.165) is 30.4 Å². The van der Waals surface area contributed by atoms with Crippen molar-refractivity contribution in [1.29, 1.82) is 0 Å². The number of carbonyl (C=O) groups excluding carboxylic acids is 1. The van der Waals surface area contributed by atoms with Gasteiger partial charge in [-0.25, -0.2) is 5.06 Å². The number of hydroxylamine groups is 2. The van der Waals surface area contributed by atoms with Crippen molar-refractivity contribution in [1.82, 2.24) is 5.06 Å². The fourth-order valence-corrected chi connectivity index (χ4v) is 3.52. The second kappa shape index (κ2) is 11.1. The molecule has 198 valence electrons. The van der Waals surface area contributed by atoms with Gasteiger partial charge in [-0.3, -0.25) is 9.63 Å². The quantitative estimate of drug-likeness (QED) is 0.260. The third kappa shape index (κ3) is 7.63. The highest BCUT2D eigenvalue weighted by molar-refractivity contribution is 6.31. The van der Waals surface area contributed by atoms with E-state index in [1.165, 1.54) is 13.1 Å². The minimum atomic E-state index is -5.02. The standard InChI is InChI=1S/C23H19ClF9NO2/c1-34(36-2)20(35)17(18-12-14(21(25,26)27)7-8-19(18)24)6-4-3-5-13-9-15(22(28,29)30)11-16(10-13)23(31,32)33/h3,5,7-12,17H,4,6H2,1-2H3. The van der Waals surface area contributed by atoms with Crippen LogP contribution in [0.4, 0.5) is 39.5 Å². The number of likely N-dealkylation sites (N-methyl/N-ethyl adjacent to an activating group) is 1. The molecule has 2 aromatic rings. The van der Waals surface area contributed by atoms with Crippen LogP contribution in [0.15, 0.2) is 42.5 Å². The van der Waals surface area contributed by atoms with E-state index < -0.39 is 52.6 Å². The van der Waals surface area contributed by atoms with Crippen LogP contribution < -0.4 is 0 Å². The van der Waals surface area contributed by atoms with E-state index in [1.807, 2.05) is 0 Å². The summed E-state index contributed by atoms with van der Waals surface area (Å²) in [5, 5.41) is 0.635. The number of benzene rings is 2. The first-order chi connectivity index (χ1) is 16.4. The lowest BCUT2D eigenvalue weighted by atomic mass is 9.91. The molecule has 1 unspecified atom stereocenters. The predicted octanol–water partition coefficient (Wildman–Crippen LogP) is 7.99. The maximum atomic E-state index is 13.2. The first-order valence-corrected chi connectivity index (χ1v) is 10.5. The van der Waals surface area contributed by atoms with Gasteiger partial charge in [-0.05, 0) is 60.4 Å². The summed E-state index contributed by atoms with van der Waals surface area (Å²) in [5.74, 6) is -2.01. The Morgan fingerprint density at radius 1 is 0.917 bits per heavy atom. The molecule has 2 aromatic carbocycles. The highest BCUT2D eigenvalue weighted by Crippen LogP contribution is 2.38. The van der Waals surface area contributed by atoms with Gasteiger partial charge in [0, 0.05) is 12.1 Å². The van der Waals surface area contributed by atoms with E-state index in [-0.39, 0.29) is 29.5 Å². The Kier molecular flexibility index (Phi) is 9.11. The molecule has 0 heterocycles. The first-order valence-electron chi connectivity index (χ1n) is 10.1. The van der Waals surface area contributed by atoms with Crippen molar-refractivity contribution in [3.63, 3.8) is 0 Å². The van der Waals surface area contributed by atoms with Crippen molar-refractivity contribution in [2.75, 3.05) is 14.2 Å². The molecule has 0 aliphatic heterocycles. The Morgan fingerprint density at radius 3 is 1.92 bits per heavy atom. The zero-order valence-electron chi connectivity index (χ0n) is 18.7. The van der Waals surface area contributed by atoms with Gasteiger partial charge < -0.3 is 0 Å². The molecule has 0 saturated carbocycles. The number of halogens is 10. The summed E-state index contributed by atoms with van der Waals surface area (Å²) in [5.41, 5.74) is -4.61. The van der Waals surface area contributed by atoms with Crippen molar-refractivity contribution in [2.45, 2.75) is 37.3 Å². The third-order valence-electron chi connectivity index (χ3n) is 5.12. The van der Waals surface area contributed by atoms with E-state index >= 15 is 0 Å². The average molecular weight is 548 g/mol. The van der Waals surface area contributed by atoms with Crippen LogP contribution in [-0.2, 0) is 28.2 Å². The summed E-state index contributed by atoms with van der Waals surface area (Å²) in [6.45, 7) is 0. The van der Waals surface area contributed by atoms with Gasteiger partial charge in [0.15, 0.2) is 0 Å². The van der Waals surface area contributed by atoms with Crippen LogP contribution in [0.1, 0.15) is 46.6 Å². The van der Waals surface area contributed by atoms with Crippen LogP contribution in [0, 0.1) is 0 Å². The molecule has 0 saturated heterocycles. The van der Waals surface area contributed by atoms with Crippen LogP contribution >= 0.6 is 11.6 Å². The molecule has 0 bridgehead atoms. The van der Waals surface area contributed by atoms with Crippen molar-refractivity contribution in [3.05, 3.63) is 75.3 Å². The smallest absolute Gasteiger partial charge is 0.275 e. The van der Waals surface area contributed by atoms with E-state index in [0.29, 0.717) is 18.2 Å². The van der Waals surface area contributed by atoms with E-state index in [9.17, 15) is 44.3 Å². The zero-order chi connectivity index (χ0) is 27.5. The minimum absolute atomic E-state index is 0.0116. The van der Waals surface area contributed by atoms with Gasteiger partial charge in [-0.1, -0.05) is 23.8 Å². The average Bonchev–Trinajstić information content (AvgIpc) is 2.76. The number of allylic oxidation sites excluding steroid dienone is 1. The van der Waals surface area contributed by atoms with Crippen LogP contribution in [0.2, 0.25) is 5.02 Å². The lowest BCUT2D eigenvalue weighted by Crippen LogP contribution is -2.31.